The molecule has 0 aliphatic heterocycles. The van der Waals surface area contributed by atoms with Crippen molar-refractivity contribution < 1.29 is 14.1 Å². The van der Waals surface area contributed by atoms with Gasteiger partial charge in [0.25, 0.3) is 11.6 Å². The standard InChI is InChI=1S/C23H16FN5O3/c24-21-9-5-4-8-20(21)23(30)26-25-14-17-15-28(18-6-2-1-3-7-18)27-22(17)16-10-12-19(13-11-16)29(31)32/h1-15H,(H,26,30)/b25-14+. The zero-order valence-corrected chi connectivity index (χ0v) is 16.6. The van der Waals surface area contributed by atoms with E-state index < -0.39 is 16.6 Å². The van der Waals surface area contributed by atoms with Crippen molar-refractivity contribution in [3.63, 3.8) is 0 Å². The number of carbonyl (C=O) groups excluding carboxylic acids is 1. The van der Waals surface area contributed by atoms with Gasteiger partial charge in [-0.1, -0.05) is 30.3 Å². The van der Waals surface area contributed by atoms with Gasteiger partial charge in [-0.3, -0.25) is 14.9 Å². The maximum absolute atomic E-state index is 13.8. The lowest BCUT2D eigenvalue weighted by Crippen LogP contribution is -2.18. The summed E-state index contributed by atoms with van der Waals surface area (Å²) in [5, 5.41) is 19.5. The van der Waals surface area contributed by atoms with Gasteiger partial charge in [-0.05, 0) is 36.4 Å². The summed E-state index contributed by atoms with van der Waals surface area (Å²) in [7, 11) is 0. The number of amides is 1. The highest BCUT2D eigenvalue weighted by Gasteiger charge is 2.14. The predicted octanol–water partition coefficient (Wildman–Crippen LogP) is 4.35. The van der Waals surface area contributed by atoms with Crippen LogP contribution < -0.4 is 5.43 Å². The van der Waals surface area contributed by atoms with Crippen LogP contribution >= 0.6 is 0 Å². The summed E-state index contributed by atoms with van der Waals surface area (Å²) in [5.41, 5.74) is 4.63. The second-order valence-electron chi connectivity index (χ2n) is 6.70. The Morgan fingerprint density at radius 1 is 1.03 bits per heavy atom. The molecule has 0 aliphatic rings. The Labute approximate surface area is 181 Å². The topological polar surface area (TPSA) is 102 Å². The number of hydrogen-bond donors (Lipinski definition) is 1. The maximum Gasteiger partial charge on any atom is 0.274 e. The van der Waals surface area contributed by atoms with E-state index in [1.165, 1.54) is 36.5 Å². The minimum Gasteiger partial charge on any atom is -0.267 e. The molecule has 1 amide bonds. The number of nitro benzene ring substituents is 1. The van der Waals surface area contributed by atoms with Gasteiger partial charge in [0, 0.05) is 29.5 Å². The molecule has 0 bridgehead atoms. The van der Waals surface area contributed by atoms with Gasteiger partial charge in [-0.15, -0.1) is 0 Å². The van der Waals surface area contributed by atoms with Crippen LogP contribution in [-0.4, -0.2) is 26.8 Å². The molecule has 0 spiro atoms. The summed E-state index contributed by atoms with van der Waals surface area (Å²) in [6.07, 6.45) is 3.10. The monoisotopic (exact) mass is 429 g/mol. The van der Waals surface area contributed by atoms with Gasteiger partial charge in [0.1, 0.15) is 11.5 Å². The number of hydrogen-bond acceptors (Lipinski definition) is 5. The molecule has 1 N–H and O–H groups in total. The zero-order valence-electron chi connectivity index (χ0n) is 16.6. The summed E-state index contributed by atoms with van der Waals surface area (Å²) >= 11 is 0. The van der Waals surface area contributed by atoms with Crippen molar-refractivity contribution in [1.82, 2.24) is 15.2 Å². The fraction of sp³-hybridized carbons (Fsp3) is 0. The molecule has 1 aromatic heterocycles. The van der Waals surface area contributed by atoms with E-state index in [2.05, 4.69) is 15.6 Å². The molecule has 158 valence electrons. The molecular weight excluding hydrogens is 413 g/mol. The molecule has 0 saturated carbocycles. The van der Waals surface area contributed by atoms with Crippen molar-refractivity contribution in [2.24, 2.45) is 5.10 Å². The summed E-state index contributed by atoms with van der Waals surface area (Å²) < 4.78 is 15.4. The van der Waals surface area contributed by atoms with E-state index in [0.29, 0.717) is 16.8 Å². The summed E-state index contributed by atoms with van der Waals surface area (Å²) in [6.45, 7) is 0. The second kappa shape index (κ2) is 9.00. The van der Waals surface area contributed by atoms with Crippen LogP contribution in [-0.2, 0) is 0 Å². The third-order valence-corrected chi connectivity index (χ3v) is 4.60. The van der Waals surface area contributed by atoms with Gasteiger partial charge in [-0.2, -0.15) is 10.2 Å². The molecule has 4 rings (SSSR count). The van der Waals surface area contributed by atoms with Crippen LogP contribution in [0.1, 0.15) is 15.9 Å². The van der Waals surface area contributed by atoms with Crippen molar-refractivity contribution >= 4 is 17.8 Å². The Bertz CT molecular complexity index is 1300. The summed E-state index contributed by atoms with van der Waals surface area (Å²) in [6, 6.07) is 20.9. The number of nitrogens with zero attached hydrogens (tertiary/aromatic N) is 4. The first-order valence-corrected chi connectivity index (χ1v) is 9.51. The Balaban J connectivity index is 1.66. The highest BCUT2D eigenvalue weighted by Crippen LogP contribution is 2.25. The van der Waals surface area contributed by atoms with E-state index in [1.807, 2.05) is 30.3 Å². The average Bonchev–Trinajstić information content (AvgIpc) is 3.24. The zero-order chi connectivity index (χ0) is 22.5. The Morgan fingerprint density at radius 3 is 2.41 bits per heavy atom. The van der Waals surface area contributed by atoms with E-state index in [1.54, 1.807) is 29.1 Å². The molecule has 8 nitrogen and oxygen atoms in total. The van der Waals surface area contributed by atoms with Crippen molar-refractivity contribution in [2.75, 3.05) is 0 Å². The van der Waals surface area contributed by atoms with Gasteiger partial charge in [0.2, 0.25) is 0 Å². The number of halogens is 1. The van der Waals surface area contributed by atoms with E-state index >= 15 is 0 Å². The molecule has 0 unspecified atom stereocenters. The number of rotatable bonds is 6. The molecule has 1 heterocycles. The molecule has 0 atom stereocenters. The van der Waals surface area contributed by atoms with Crippen LogP contribution in [0.3, 0.4) is 0 Å². The van der Waals surface area contributed by atoms with E-state index in [9.17, 15) is 19.3 Å². The molecule has 0 fully saturated rings. The minimum atomic E-state index is -0.688. The van der Waals surface area contributed by atoms with Crippen LogP contribution in [0, 0.1) is 15.9 Å². The van der Waals surface area contributed by atoms with Crippen molar-refractivity contribution in [3.05, 3.63) is 112 Å². The summed E-state index contributed by atoms with van der Waals surface area (Å²) in [4.78, 5) is 22.7. The van der Waals surface area contributed by atoms with Gasteiger partial charge in [-0.25, -0.2) is 14.5 Å². The number of non-ortho nitro benzene ring substituents is 1. The van der Waals surface area contributed by atoms with Crippen molar-refractivity contribution in [1.29, 1.82) is 0 Å². The van der Waals surface area contributed by atoms with Crippen LogP contribution in [0.4, 0.5) is 10.1 Å². The minimum absolute atomic E-state index is 0.0383. The normalized spacial score (nSPS) is 10.9. The number of hydrazone groups is 1. The van der Waals surface area contributed by atoms with E-state index in [0.717, 1.165) is 5.69 Å². The lowest BCUT2D eigenvalue weighted by Gasteiger charge is -2.01. The SMILES string of the molecule is O=C(N/N=C/c1cn(-c2ccccc2)nc1-c1ccc([N+](=O)[O-])cc1)c1ccccc1F. The predicted molar refractivity (Wildman–Crippen MR) is 117 cm³/mol. The van der Waals surface area contributed by atoms with Crippen LogP contribution in [0.15, 0.2) is 90.2 Å². The maximum atomic E-state index is 13.8. The van der Waals surface area contributed by atoms with Crippen LogP contribution in [0.5, 0.6) is 0 Å². The lowest BCUT2D eigenvalue weighted by molar-refractivity contribution is -0.384. The van der Waals surface area contributed by atoms with Gasteiger partial charge < -0.3 is 0 Å². The van der Waals surface area contributed by atoms with E-state index in [-0.39, 0.29) is 11.3 Å². The number of benzene rings is 3. The second-order valence-corrected chi connectivity index (χ2v) is 6.70. The lowest BCUT2D eigenvalue weighted by atomic mass is 10.1. The highest BCUT2D eigenvalue weighted by molar-refractivity contribution is 5.95. The fourth-order valence-corrected chi connectivity index (χ4v) is 3.03. The van der Waals surface area contributed by atoms with Gasteiger partial charge in [0.05, 0.1) is 22.4 Å². The highest BCUT2D eigenvalue weighted by atomic mass is 19.1. The Kier molecular flexibility index (Phi) is 5.80. The van der Waals surface area contributed by atoms with E-state index in [4.69, 9.17) is 0 Å². The third-order valence-electron chi connectivity index (χ3n) is 4.60. The Hall–Kier alpha value is -4.66. The first kappa shape index (κ1) is 20.6. The molecule has 3 aromatic carbocycles. The molecule has 4 aromatic rings. The third kappa shape index (κ3) is 4.41. The van der Waals surface area contributed by atoms with Crippen molar-refractivity contribution in [2.45, 2.75) is 0 Å². The quantitative estimate of drug-likeness (QED) is 0.280. The van der Waals surface area contributed by atoms with Crippen molar-refractivity contribution in [3.8, 4) is 16.9 Å². The smallest absolute Gasteiger partial charge is 0.267 e. The first-order chi connectivity index (χ1) is 15.5. The fourth-order valence-electron chi connectivity index (χ4n) is 3.03. The molecule has 0 saturated heterocycles. The summed E-state index contributed by atoms with van der Waals surface area (Å²) in [5.74, 6) is -1.34. The number of aromatic nitrogens is 2. The molecule has 0 radical (unpaired) electrons. The first-order valence-electron chi connectivity index (χ1n) is 9.51. The Morgan fingerprint density at radius 2 is 1.72 bits per heavy atom. The van der Waals surface area contributed by atoms with Gasteiger partial charge in [0.15, 0.2) is 0 Å². The molecule has 9 heteroatoms. The molecule has 0 aliphatic carbocycles. The number of carbonyl (C=O) groups is 1. The average molecular weight is 429 g/mol. The molecule has 32 heavy (non-hydrogen) atoms. The van der Waals surface area contributed by atoms with Gasteiger partial charge >= 0.3 is 0 Å². The number of nitro groups is 1. The largest absolute Gasteiger partial charge is 0.274 e. The molecular formula is C23H16FN5O3. The van der Waals surface area contributed by atoms with Crippen LogP contribution in [0.25, 0.3) is 16.9 Å². The van der Waals surface area contributed by atoms with Crippen LogP contribution in [0.2, 0.25) is 0 Å². The number of nitrogens with one attached hydrogen (secondary N) is 1. The number of para-hydroxylation sites is 1.